The molecule has 160 valence electrons. The number of benzene rings is 2. The molecule has 1 heterocycles. The van der Waals surface area contributed by atoms with Crippen LogP contribution >= 0.6 is 11.3 Å². The van der Waals surface area contributed by atoms with Gasteiger partial charge in [-0.2, -0.15) is 0 Å². The van der Waals surface area contributed by atoms with Crippen molar-refractivity contribution in [3.05, 3.63) is 87.8 Å². The van der Waals surface area contributed by atoms with E-state index in [2.05, 4.69) is 10.6 Å². The van der Waals surface area contributed by atoms with E-state index in [1.54, 1.807) is 6.92 Å². The number of hydrogen-bond donors (Lipinski definition) is 2. The number of carbonyl (C=O) groups is 3. The number of anilines is 1. The highest BCUT2D eigenvalue weighted by Gasteiger charge is 2.27. The molecule has 0 fully saturated rings. The Kier molecular flexibility index (Phi) is 7.20. The highest BCUT2D eigenvalue weighted by atomic mass is 32.1. The second-order valence-electron chi connectivity index (χ2n) is 7.07. The Hall–Kier alpha value is -3.45. The molecular weight excluding hydrogens is 412 g/mol. The molecule has 0 aliphatic rings. The van der Waals surface area contributed by atoms with Crippen molar-refractivity contribution in [2.45, 2.75) is 26.3 Å². The molecule has 3 rings (SSSR count). The number of nitrogens with one attached hydrogen (secondary N) is 2. The van der Waals surface area contributed by atoms with Gasteiger partial charge in [0.25, 0.3) is 5.91 Å². The zero-order chi connectivity index (χ0) is 22.4. The molecule has 0 spiro atoms. The molecule has 0 bridgehead atoms. The van der Waals surface area contributed by atoms with Crippen LogP contribution in [0.1, 0.15) is 49.7 Å². The van der Waals surface area contributed by atoms with E-state index in [-0.39, 0.29) is 29.8 Å². The maximum atomic E-state index is 12.9. The van der Waals surface area contributed by atoms with Gasteiger partial charge in [0.2, 0.25) is 5.91 Å². The quantitative estimate of drug-likeness (QED) is 0.534. The van der Waals surface area contributed by atoms with Gasteiger partial charge in [0.1, 0.15) is 5.00 Å². The van der Waals surface area contributed by atoms with E-state index in [1.165, 1.54) is 7.11 Å². The number of thiophene rings is 1. The summed E-state index contributed by atoms with van der Waals surface area (Å²) in [4.78, 5) is 38.2. The predicted octanol–water partition coefficient (Wildman–Crippen LogP) is 4.52. The van der Waals surface area contributed by atoms with E-state index in [9.17, 15) is 14.4 Å². The Labute approximate surface area is 185 Å². The first-order valence-electron chi connectivity index (χ1n) is 9.82. The highest BCUT2D eigenvalue weighted by molar-refractivity contribution is 7.18. The van der Waals surface area contributed by atoms with Gasteiger partial charge in [0.15, 0.2) is 0 Å². The lowest BCUT2D eigenvalue weighted by Crippen LogP contribution is -2.26. The summed E-state index contributed by atoms with van der Waals surface area (Å²) in [7, 11) is 1.27. The fraction of sp³-hybridized carbons (Fsp3) is 0.208. The summed E-state index contributed by atoms with van der Waals surface area (Å²) in [5.74, 6) is -1.19. The number of esters is 1. The van der Waals surface area contributed by atoms with Crippen LogP contribution in [0.25, 0.3) is 0 Å². The molecule has 0 radical (unpaired) electrons. The van der Waals surface area contributed by atoms with Crippen molar-refractivity contribution in [2.24, 2.45) is 0 Å². The standard InChI is InChI=1S/C24H24N2O4S/c1-15-20(24(29)30-3)23(26-19(27)14-17-10-6-4-7-11-17)31-21(15)22(28)25-16(2)18-12-8-5-9-13-18/h4-13,16H,14H2,1-3H3,(H,25,28)(H,26,27). The summed E-state index contributed by atoms with van der Waals surface area (Å²) in [6, 6.07) is 18.7. The second kappa shape index (κ2) is 10.0. The maximum absolute atomic E-state index is 12.9. The molecule has 0 aliphatic carbocycles. The molecule has 2 amide bonds. The fourth-order valence-electron chi connectivity index (χ4n) is 3.21. The van der Waals surface area contributed by atoms with Crippen LogP contribution in [0, 0.1) is 6.92 Å². The summed E-state index contributed by atoms with van der Waals surface area (Å²) in [5.41, 5.74) is 2.49. The molecular formula is C24H24N2O4S. The third-order valence-electron chi connectivity index (χ3n) is 4.85. The lowest BCUT2D eigenvalue weighted by atomic mass is 10.1. The van der Waals surface area contributed by atoms with Crippen molar-refractivity contribution in [1.29, 1.82) is 0 Å². The molecule has 31 heavy (non-hydrogen) atoms. The minimum absolute atomic E-state index is 0.158. The number of ether oxygens (including phenoxy) is 1. The first kappa shape index (κ1) is 22.2. The van der Waals surface area contributed by atoms with E-state index >= 15 is 0 Å². The molecule has 1 atom stereocenters. The van der Waals surface area contributed by atoms with Crippen LogP contribution in [0.3, 0.4) is 0 Å². The lowest BCUT2D eigenvalue weighted by molar-refractivity contribution is -0.115. The number of rotatable bonds is 7. The number of methoxy groups -OCH3 is 1. The minimum atomic E-state index is -0.598. The molecule has 3 aromatic rings. The second-order valence-corrected chi connectivity index (χ2v) is 8.09. The average molecular weight is 437 g/mol. The number of amides is 2. The van der Waals surface area contributed by atoms with Gasteiger partial charge in [-0.3, -0.25) is 9.59 Å². The van der Waals surface area contributed by atoms with Crippen molar-refractivity contribution < 1.29 is 19.1 Å². The normalized spacial score (nSPS) is 11.5. The maximum Gasteiger partial charge on any atom is 0.341 e. The van der Waals surface area contributed by atoms with Crippen LogP contribution in [0.5, 0.6) is 0 Å². The number of hydrogen-bond acceptors (Lipinski definition) is 5. The Balaban J connectivity index is 1.83. The fourth-order valence-corrected chi connectivity index (χ4v) is 4.32. The van der Waals surface area contributed by atoms with E-state index < -0.39 is 5.97 Å². The van der Waals surface area contributed by atoms with Crippen molar-refractivity contribution in [3.63, 3.8) is 0 Å². The smallest absolute Gasteiger partial charge is 0.341 e. The minimum Gasteiger partial charge on any atom is -0.465 e. The van der Waals surface area contributed by atoms with Gasteiger partial charge in [-0.15, -0.1) is 11.3 Å². The SMILES string of the molecule is COC(=O)c1c(NC(=O)Cc2ccccc2)sc(C(=O)NC(C)c2ccccc2)c1C. The molecule has 7 heteroatoms. The van der Waals surface area contributed by atoms with Crippen LogP contribution in [-0.2, 0) is 16.0 Å². The summed E-state index contributed by atoms with van der Waals surface area (Å²) in [6.45, 7) is 3.57. The molecule has 0 saturated heterocycles. The number of carbonyl (C=O) groups excluding carboxylic acids is 3. The third-order valence-corrected chi connectivity index (χ3v) is 6.06. The zero-order valence-corrected chi connectivity index (χ0v) is 18.4. The van der Waals surface area contributed by atoms with Crippen molar-refractivity contribution in [3.8, 4) is 0 Å². The Bertz CT molecular complexity index is 1080. The third kappa shape index (κ3) is 5.38. The molecule has 0 aliphatic heterocycles. The van der Waals surface area contributed by atoms with Crippen LogP contribution in [-0.4, -0.2) is 24.9 Å². The summed E-state index contributed by atoms with van der Waals surface area (Å²) >= 11 is 1.07. The first-order valence-corrected chi connectivity index (χ1v) is 10.6. The average Bonchev–Trinajstić information content (AvgIpc) is 3.10. The van der Waals surface area contributed by atoms with Crippen LogP contribution in [0.4, 0.5) is 5.00 Å². The van der Waals surface area contributed by atoms with E-state index in [1.807, 2.05) is 67.6 Å². The Morgan fingerprint density at radius 3 is 2.23 bits per heavy atom. The molecule has 1 aromatic heterocycles. The van der Waals surface area contributed by atoms with E-state index in [0.29, 0.717) is 15.4 Å². The zero-order valence-electron chi connectivity index (χ0n) is 17.6. The Morgan fingerprint density at radius 1 is 1.00 bits per heavy atom. The topological polar surface area (TPSA) is 84.5 Å². The van der Waals surface area contributed by atoms with Crippen molar-refractivity contribution in [1.82, 2.24) is 5.32 Å². The van der Waals surface area contributed by atoms with Gasteiger partial charge in [0, 0.05) is 0 Å². The summed E-state index contributed by atoms with van der Waals surface area (Å²) in [5, 5.41) is 6.03. The van der Waals surface area contributed by atoms with Crippen LogP contribution < -0.4 is 10.6 Å². The predicted molar refractivity (Wildman–Crippen MR) is 121 cm³/mol. The lowest BCUT2D eigenvalue weighted by Gasteiger charge is -2.14. The van der Waals surface area contributed by atoms with Gasteiger partial charge in [-0.1, -0.05) is 60.7 Å². The van der Waals surface area contributed by atoms with Crippen molar-refractivity contribution >= 4 is 34.1 Å². The summed E-state index contributed by atoms with van der Waals surface area (Å²) in [6.07, 6.45) is 0.158. The molecule has 0 saturated carbocycles. The van der Waals surface area contributed by atoms with Crippen molar-refractivity contribution in [2.75, 3.05) is 12.4 Å². The molecule has 2 N–H and O–H groups in total. The van der Waals surface area contributed by atoms with E-state index in [4.69, 9.17) is 4.74 Å². The van der Waals surface area contributed by atoms with Crippen LogP contribution in [0.15, 0.2) is 60.7 Å². The first-order chi connectivity index (χ1) is 14.9. The summed E-state index contributed by atoms with van der Waals surface area (Å²) < 4.78 is 4.89. The monoisotopic (exact) mass is 436 g/mol. The molecule has 6 nitrogen and oxygen atoms in total. The molecule has 2 aromatic carbocycles. The van der Waals surface area contributed by atoms with Gasteiger partial charge in [-0.05, 0) is 30.5 Å². The van der Waals surface area contributed by atoms with Crippen LogP contribution in [0.2, 0.25) is 0 Å². The van der Waals surface area contributed by atoms with E-state index in [0.717, 1.165) is 22.5 Å². The molecule has 1 unspecified atom stereocenters. The highest BCUT2D eigenvalue weighted by Crippen LogP contribution is 2.34. The van der Waals surface area contributed by atoms with Gasteiger partial charge in [0.05, 0.1) is 30.0 Å². The Morgan fingerprint density at radius 2 is 1.61 bits per heavy atom. The van der Waals surface area contributed by atoms with Gasteiger partial charge >= 0.3 is 5.97 Å². The van der Waals surface area contributed by atoms with Gasteiger partial charge < -0.3 is 15.4 Å². The largest absolute Gasteiger partial charge is 0.465 e. The van der Waals surface area contributed by atoms with Gasteiger partial charge in [-0.25, -0.2) is 4.79 Å².